The minimum absolute atomic E-state index is 0.0677. The number of thioether (sulfide) groups is 1. The van der Waals surface area contributed by atoms with Crippen molar-refractivity contribution in [2.75, 3.05) is 24.2 Å². The summed E-state index contributed by atoms with van der Waals surface area (Å²) < 4.78 is 28.8. The van der Waals surface area contributed by atoms with Gasteiger partial charge in [0.15, 0.2) is 0 Å². The fourth-order valence-electron chi connectivity index (χ4n) is 3.21. The molecule has 11 heteroatoms. The molecule has 0 saturated heterocycles. The first-order chi connectivity index (χ1) is 15.3. The standard InChI is InChI=1S/C21H26N6O3S2/c1-5-26(6-2)32(29,30)19-13-17(12-11-16(19)4)22-20(28)14-31-21-23-24-25-27(21)18-10-8-7-9-15(18)3/h7-13H,5-6,14H2,1-4H3,(H,22,28). The van der Waals surface area contributed by atoms with Crippen molar-refractivity contribution >= 4 is 33.4 Å². The molecule has 32 heavy (non-hydrogen) atoms. The molecule has 170 valence electrons. The Balaban J connectivity index is 1.72. The Labute approximate surface area is 192 Å². The molecular weight excluding hydrogens is 448 g/mol. The number of nitrogens with one attached hydrogen (secondary N) is 1. The van der Waals surface area contributed by atoms with Crippen LogP contribution in [0, 0.1) is 13.8 Å². The lowest BCUT2D eigenvalue weighted by Crippen LogP contribution is -2.31. The average molecular weight is 475 g/mol. The second kappa shape index (κ2) is 10.2. The summed E-state index contributed by atoms with van der Waals surface area (Å²) in [6.45, 7) is 8.04. The van der Waals surface area contributed by atoms with Crippen LogP contribution < -0.4 is 5.32 Å². The van der Waals surface area contributed by atoms with Gasteiger partial charge >= 0.3 is 0 Å². The van der Waals surface area contributed by atoms with E-state index >= 15 is 0 Å². The molecule has 0 saturated carbocycles. The van der Waals surface area contributed by atoms with Crippen molar-refractivity contribution in [2.24, 2.45) is 0 Å². The van der Waals surface area contributed by atoms with Gasteiger partial charge in [0.05, 0.1) is 16.3 Å². The summed E-state index contributed by atoms with van der Waals surface area (Å²) in [4.78, 5) is 12.7. The van der Waals surface area contributed by atoms with Gasteiger partial charge in [0.1, 0.15) is 0 Å². The third kappa shape index (κ3) is 5.17. The van der Waals surface area contributed by atoms with Gasteiger partial charge in [-0.05, 0) is 53.6 Å². The zero-order valence-electron chi connectivity index (χ0n) is 18.4. The molecule has 0 unspecified atom stereocenters. The van der Waals surface area contributed by atoms with Gasteiger partial charge in [0, 0.05) is 18.8 Å². The number of carbonyl (C=O) groups excluding carboxylic acids is 1. The fraction of sp³-hybridized carbons (Fsp3) is 0.333. The number of amides is 1. The van der Waals surface area contributed by atoms with E-state index in [1.807, 2.05) is 31.2 Å². The summed E-state index contributed by atoms with van der Waals surface area (Å²) >= 11 is 1.20. The van der Waals surface area contributed by atoms with Crippen LogP contribution in [0.2, 0.25) is 0 Å². The van der Waals surface area contributed by atoms with Crippen LogP contribution in [0.25, 0.3) is 5.69 Å². The number of para-hydroxylation sites is 1. The minimum Gasteiger partial charge on any atom is -0.325 e. The SMILES string of the molecule is CCN(CC)S(=O)(=O)c1cc(NC(=O)CSc2nnnn2-c2ccccc2C)ccc1C. The molecule has 1 heterocycles. The Morgan fingerprint density at radius 3 is 2.50 bits per heavy atom. The lowest BCUT2D eigenvalue weighted by atomic mass is 10.2. The topological polar surface area (TPSA) is 110 Å². The largest absolute Gasteiger partial charge is 0.325 e. The molecule has 0 radical (unpaired) electrons. The number of rotatable bonds is 9. The molecule has 1 amide bonds. The second-order valence-corrected chi connectivity index (χ2v) is 9.92. The van der Waals surface area contributed by atoms with Crippen LogP contribution in [-0.2, 0) is 14.8 Å². The smallest absolute Gasteiger partial charge is 0.243 e. The van der Waals surface area contributed by atoms with Crippen molar-refractivity contribution in [2.45, 2.75) is 37.7 Å². The number of sulfonamides is 1. The molecule has 0 atom stereocenters. The molecular formula is C21H26N6O3S2. The first kappa shape index (κ1) is 23.9. The van der Waals surface area contributed by atoms with E-state index in [-0.39, 0.29) is 16.6 Å². The molecule has 3 rings (SSSR count). The lowest BCUT2D eigenvalue weighted by molar-refractivity contribution is -0.113. The number of tetrazole rings is 1. The van der Waals surface area contributed by atoms with Gasteiger partial charge in [-0.3, -0.25) is 4.79 Å². The third-order valence-electron chi connectivity index (χ3n) is 4.91. The third-order valence-corrected chi connectivity index (χ3v) is 8.02. The van der Waals surface area contributed by atoms with E-state index in [4.69, 9.17) is 0 Å². The van der Waals surface area contributed by atoms with Crippen molar-refractivity contribution in [3.8, 4) is 5.69 Å². The molecule has 0 aliphatic rings. The zero-order valence-corrected chi connectivity index (χ0v) is 20.1. The van der Waals surface area contributed by atoms with E-state index in [0.29, 0.717) is 29.5 Å². The molecule has 9 nitrogen and oxygen atoms in total. The van der Waals surface area contributed by atoms with Gasteiger partial charge < -0.3 is 5.32 Å². The maximum atomic E-state index is 12.9. The molecule has 0 aliphatic heterocycles. The predicted octanol–water partition coefficient (Wildman–Crippen LogP) is 3.04. The molecule has 3 aromatic rings. The maximum Gasteiger partial charge on any atom is 0.243 e. The molecule has 0 fully saturated rings. The molecule has 1 aromatic heterocycles. The van der Waals surface area contributed by atoms with E-state index in [1.165, 1.54) is 22.1 Å². The number of benzene rings is 2. The monoisotopic (exact) mass is 474 g/mol. The summed E-state index contributed by atoms with van der Waals surface area (Å²) in [5.41, 5.74) is 2.89. The molecule has 2 aromatic carbocycles. The minimum atomic E-state index is -3.63. The van der Waals surface area contributed by atoms with Crippen LogP contribution in [0.1, 0.15) is 25.0 Å². The highest BCUT2D eigenvalue weighted by molar-refractivity contribution is 7.99. The highest BCUT2D eigenvalue weighted by atomic mass is 32.2. The van der Waals surface area contributed by atoms with E-state index in [0.717, 1.165) is 11.3 Å². The Hall–Kier alpha value is -2.76. The average Bonchev–Trinajstić information content (AvgIpc) is 3.23. The molecule has 0 bridgehead atoms. The van der Waals surface area contributed by atoms with Crippen molar-refractivity contribution in [1.29, 1.82) is 0 Å². The molecule has 0 aliphatic carbocycles. The van der Waals surface area contributed by atoms with Crippen molar-refractivity contribution < 1.29 is 13.2 Å². The second-order valence-electron chi connectivity index (χ2n) is 7.07. The van der Waals surface area contributed by atoms with Crippen LogP contribution in [0.4, 0.5) is 5.69 Å². The quantitative estimate of drug-likeness (QED) is 0.475. The highest BCUT2D eigenvalue weighted by Crippen LogP contribution is 2.25. The van der Waals surface area contributed by atoms with Gasteiger partial charge in [-0.15, -0.1) is 5.10 Å². The number of carbonyl (C=O) groups is 1. The van der Waals surface area contributed by atoms with E-state index in [9.17, 15) is 13.2 Å². The predicted molar refractivity (Wildman–Crippen MR) is 125 cm³/mol. The fourth-order valence-corrected chi connectivity index (χ4v) is 5.60. The number of hydrogen-bond donors (Lipinski definition) is 1. The van der Waals surface area contributed by atoms with Crippen LogP contribution in [-0.4, -0.2) is 57.7 Å². The van der Waals surface area contributed by atoms with Crippen LogP contribution >= 0.6 is 11.8 Å². The summed E-state index contributed by atoms with van der Waals surface area (Å²) in [6, 6.07) is 12.6. The number of nitrogens with zero attached hydrogens (tertiary/aromatic N) is 5. The van der Waals surface area contributed by atoms with E-state index in [2.05, 4.69) is 20.8 Å². The molecule has 0 spiro atoms. The van der Waals surface area contributed by atoms with Gasteiger partial charge in [0.2, 0.25) is 21.1 Å². The Morgan fingerprint density at radius 1 is 1.09 bits per heavy atom. The zero-order chi connectivity index (χ0) is 23.3. The first-order valence-corrected chi connectivity index (χ1v) is 12.6. The van der Waals surface area contributed by atoms with Gasteiger partial charge in [-0.2, -0.15) is 8.99 Å². The van der Waals surface area contributed by atoms with Crippen LogP contribution in [0.3, 0.4) is 0 Å². The van der Waals surface area contributed by atoms with Gasteiger partial charge in [-0.1, -0.05) is 49.9 Å². The van der Waals surface area contributed by atoms with E-state index in [1.54, 1.807) is 37.6 Å². The van der Waals surface area contributed by atoms with Gasteiger partial charge in [0.25, 0.3) is 0 Å². The summed E-state index contributed by atoms with van der Waals surface area (Å²) in [6.07, 6.45) is 0. The maximum absolute atomic E-state index is 12.9. The normalized spacial score (nSPS) is 11.7. The van der Waals surface area contributed by atoms with Crippen molar-refractivity contribution in [1.82, 2.24) is 24.5 Å². The van der Waals surface area contributed by atoms with Crippen LogP contribution in [0.5, 0.6) is 0 Å². The number of hydrogen-bond acceptors (Lipinski definition) is 7. The summed E-state index contributed by atoms with van der Waals surface area (Å²) in [7, 11) is -3.63. The lowest BCUT2D eigenvalue weighted by Gasteiger charge is -2.20. The van der Waals surface area contributed by atoms with Crippen molar-refractivity contribution in [3.63, 3.8) is 0 Å². The van der Waals surface area contributed by atoms with Crippen molar-refractivity contribution in [3.05, 3.63) is 53.6 Å². The summed E-state index contributed by atoms with van der Waals surface area (Å²) in [5, 5.41) is 15.0. The first-order valence-electron chi connectivity index (χ1n) is 10.2. The Bertz CT molecular complexity index is 1210. The summed E-state index contributed by atoms with van der Waals surface area (Å²) in [5.74, 6) is -0.220. The molecule has 1 N–H and O–H groups in total. The van der Waals surface area contributed by atoms with Gasteiger partial charge in [-0.25, -0.2) is 8.42 Å². The Kier molecular flexibility index (Phi) is 7.64. The number of aromatic nitrogens is 4. The number of aryl methyl sites for hydroxylation is 2. The highest BCUT2D eigenvalue weighted by Gasteiger charge is 2.24. The van der Waals surface area contributed by atoms with E-state index < -0.39 is 10.0 Å². The van der Waals surface area contributed by atoms with Crippen LogP contribution in [0.15, 0.2) is 52.5 Å². The Morgan fingerprint density at radius 2 is 1.81 bits per heavy atom. The number of anilines is 1.